The van der Waals surface area contributed by atoms with Crippen LogP contribution in [0.4, 0.5) is 0 Å². The van der Waals surface area contributed by atoms with E-state index in [-0.39, 0.29) is 31.1 Å². The summed E-state index contributed by atoms with van der Waals surface area (Å²) in [5.74, 6) is -0.939. The molecular weight excluding hydrogens is 829 g/mol. The quantitative estimate of drug-likeness (QED) is 0.0262. The number of carbonyl (C=O) groups is 3. The van der Waals surface area contributed by atoms with Gasteiger partial charge in [0.05, 0.1) is 0 Å². The maximum atomic E-state index is 12.8. The summed E-state index contributed by atoms with van der Waals surface area (Å²) in [6, 6.07) is 0. The molecule has 0 rings (SSSR count). The Labute approximate surface area is 413 Å². The predicted molar refractivity (Wildman–Crippen MR) is 288 cm³/mol. The molecular formula is C61H102O6. The van der Waals surface area contributed by atoms with E-state index in [0.29, 0.717) is 19.3 Å². The maximum Gasteiger partial charge on any atom is 0.306 e. The van der Waals surface area contributed by atoms with Gasteiger partial charge in [0.1, 0.15) is 13.2 Å². The average molecular weight is 931 g/mol. The number of esters is 3. The van der Waals surface area contributed by atoms with Crippen molar-refractivity contribution >= 4 is 17.9 Å². The van der Waals surface area contributed by atoms with Crippen LogP contribution in [0.2, 0.25) is 0 Å². The predicted octanol–water partition coefficient (Wildman–Crippen LogP) is 18.5. The van der Waals surface area contributed by atoms with Crippen molar-refractivity contribution in [1.82, 2.24) is 0 Å². The molecule has 0 aromatic heterocycles. The highest BCUT2D eigenvalue weighted by molar-refractivity contribution is 5.71. The SMILES string of the molecule is CC/C=C\C/C=C\C/C=C\C/C=C\C/C=C\C/C=C\CCCCCCC(=O)OCC(COC(=O)CCCCCCC/C=C\CCC)OC(=O)CCCCCCC/C=C\CCCCCCCCC. The Bertz CT molecular complexity index is 1350. The first-order valence-corrected chi connectivity index (χ1v) is 27.7. The Balaban J connectivity index is 4.39. The highest BCUT2D eigenvalue weighted by atomic mass is 16.6. The monoisotopic (exact) mass is 931 g/mol. The fraction of sp³-hybridized carbons (Fsp3) is 0.689. The van der Waals surface area contributed by atoms with Crippen molar-refractivity contribution in [2.75, 3.05) is 13.2 Å². The number of hydrogen-bond donors (Lipinski definition) is 0. The van der Waals surface area contributed by atoms with Crippen LogP contribution in [0.15, 0.2) is 97.2 Å². The molecule has 1 unspecified atom stereocenters. The van der Waals surface area contributed by atoms with Gasteiger partial charge >= 0.3 is 17.9 Å². The molecule has 0 radical (unpaired) electrons. The van der Waals surface area contributed by atoms with Crippen molar-refractivity contribution in [3.63, 3.8) is 0 Å². The molecule has 0 heterocycles. The second-order valence-corrected chi connectivity index (χ2v) is 18.1. The zero-order valence-corrected chi connectivity index (χ0v) is 43.6. The Kier molecular flexibility index (Phi) is 51.9. The van der Waals surface area contributed by atoms with Gasteiger partial charge in [-0.05, 0) is 116 Å². The van der Waals surface area contributed by atoms with Gasteiger partial charge < -0.3 is 14.2 Å². The van der Waals surface area contributed by atoms with Gasteiger partial charge in [-0.1, -0.05) is 214 Å². The van der Waals surface area contributed by atoms with E-state index in [1.807, 2.05) is 0 Å². The molecule has 0 aromatic rings. The van der Waals surface area contributed by atoms with Crippen molar-refractivity contribution in [1.29, 1.82) is 0 Å². The van der Waals surface area contributed by atoms with Crippen LogP contribution in [0.25, 0.3) is 0 Å². The van der Waals surface area contributed by atoms with E-state index in [2.05, 4.69) is 118 Å². The molecule has 6 nitrogen and oxygen atoms in total. The minimum atomic E-state index is -0.796. The molecule has 382 valence electrons. The first-order chi connectivity index (χ1) is 33.0. The molecule has 0 fully saturated rings. The Hall–Kier alpha value is -3.67. The third-order valence-electron chi connectivity index (χ3n) is 11.5. The molecule has 0 aliphatic heterocycles. The van der Waals surface area contributed by atoms with Gasteiger partial charge in [-0.25, -0.2) is 0 Å². The minimum Gasteiger partial charge on any atom is -0.462 e. The van der Waals surface area contributed by atoms with Crippen LogP contribution in [0.3, 0.4) is 0 Å². The summed E-state index contributed by atoms with van der Waals surface area (Å²) in [5.41, 5.74) is 0. The summed E-state index contributed by atoms with van der Waals surface area (Å²) in [6.45, 7) is 6.42. The molecule has 0 aliphatic rings. The van der Waals surface area contributed by atoms with E-state index in [4.69, 9.17) is 14.2 Å². The van der Waals surface area contributed by atoms with Crippen LogP contribution in [-0.2, 0) is 28.6 Å². The van der Waals surface area contributed by atoms with Crippen LogP contribution in [0.5, 0.6) is 0 Å². The van der Waals surface area contributed by atoms with E-state index in [1.165, 1.54) is 70.6 Å². The van der Waals surface area contributed by atoms with Crippen molar-refractivity contribution in [2.45, 2.75) is 258 Å². The lowest BCUT2D eigenvalue weighted by molar-refractivity contribution is -0.167. The van der Waals surface area contributed by atoms with E-state index >= 15 is 0 Å². The maximum absolute atomic E-state index is 12.8. The molecule has 0 spiro atoms. The number of carbonyl (C=O) groups excluding carboxylic acids is 3. The van der Waals surface area contributed by atoms with Crippen molar-refractivity contribution in [3.8, 4) is 0 Å². The minimum absolute atomic E-state index is 0.0942. The standard InChI is InChI=1S/C61H102O6/c1-4-7-10-13-16-19-22-24-26-28-29-30-31-32-33-34-36-37-39-42-45-48-51-54-60(63)66-57-58(56-65-59(62)53-50-47-44-41-21-18-15-12-9-6-3)67-61(64)55-52-49-46-43-40-38-35-27-25-23-20-17-14-11-8-5-2/h7,10,12,15-16,19,24,26-27,29-30,32-33,35-37,58H,4-6,8-9,11,13-14,17-18,20-23,25,28,31,34,38-57H2,1-3H3/b10-7-,15-12-,19-16-,26-24-,30-29-,33-32-,35-27-,37-36-. The smallest absolute Gasteiger partial charge is 0.306 e. The van der Waals surface area contributed by atoms with E-state index in [1.54, 1.807) is 0 Å². The lowest BCUT2D eigenvalue weighted by Gasteiger charge is -2.18. The first kappa shape index (κ1) is 63.3. The highest BCUT2D eigenvalue weighted by Crippen LogP contribution is 2.14. The van der Waals surface area contributed by atoms with Gasteiger partial charge in [-0.3, -0.25) is 14.4 Å². The lowest BCUT2D eigenvalue weighted by Crippen LogP contribution is -2.30. The normalized spacial score (nSPS) is 12.8. The highest BCUT2D eigenvalue weighted by Gasteiger charge is 2.19. The Morgan fingerprint density at radius 3 is 0.985 bits per heavy atom. The molecule has 0 aromatic carbocycles. The molecule has 0 amide bonds. The fourth-order valence-electron chi connectivity index (χ4n) is 7.38. The molecule has 0 saturated heterocycles. The van der Waals surface area contributed by atoms with E-state index in [0.717, 1.165) is 141 Å². The van der Waals surface area contributed by atoms with Crippen LogP contribution in [-0.4, -0.2) is 37.2 Å². The largest absolute Gasteiger partial charge is 0.462 e. The lowest BCUT2D eigenvalue weighted by atomic mass is 10.1. The first-order valence-electron chi connectivity index (χ1n) is 27.7. The topological polar surface area (TPSA) is 78.9 Å². The Morgan fingerprint density at radius 1 is 0.313 bits per heavy atom. The summed E-state index contributed by atoms with van der Waals surface area (Å²) in [6.07, 6.45) is 72.6. The Morgan fingerprint density at radius 2 is 0.612 bits per heavy atom. The third kappa shape index (κ3) is 53.2. The summed E-state index contributed by atoms with van der Waals surface area (Å²) in [5, 5.41) is 0. The second kappa shape index (κ2) is 54.9. The fourth-order valence-corrected chi connectivity index (χ4v) is 7.38. The average Bonchev–Trinajstić information content (AvgIpc) is 3.33. The molecule has 0 N–H and O–H groups in total. The molecule has 0 aliphatic carbocycles. The number of unbranched alkanes of at least 4 members (excludes halogenated alkanes) is 22. The second-order valence-electron chi connectivity index (χ2n) is 18.1. The zero-order valence-electron chi connectivity index (χ0n) is 43.6. The van der Waals surface area contributed by atoms with Crippen LogP contribution in [0.1, 0.15) is 252 Å². The van der Waals surface area contributed by atoms with Crippen LogP contribution >= 0.6 is 0 Å². The molecule has 67 heavy (non-hydrogen) atoms. The molecule has 0 bridgehead atoms. The number of ether oxygens (including phenoxy) is 3. The van der Waals surface area contributed by atoms with Crippen molar-refractivity contribution in [2.24, 2.45) is 0 Å². The summed E-state index contributed by atoms with van der Waals surface area (Å²) in [4.78, 5) is 38.0. The third-order valence-corrected chi connectivity index (χ3v) is 11.5. The van der Waals surface area contributed by atoms with Gasteiger partial charge in [0.25, 0.3) is 0 Å². The summed E-state index contributed by atoms with van der Waals surface area (Å²) in [7, 11) is 0. The van der Waals surface area contributed by atoms with E-state index in [9.17, 15) is 14.4 Å². The van der Waals surface area contributed by atoms with Crippen molar-refractivity contribution in [3.05, 3.63) is 97.2 Å². The van der Waals surface area contributed by atoms with Gasteiger partial charge in [0.15, 0.2) is 6.10 Å². The van der Waals surface area contributed by atoms with Gasteiger partial charge in [-0.2, -0.15) is 0 Å². The molecule has 1 atom stereocenters. The van der Waals surface area contributed by atoms with Crippen LogP contribution < -0.4 is 0 Å². The number of rotatable bonds is 49. The van der Waals surface area contributed by atoms with Crippen LogP contribution in [0, 0.1) is 0 Å². The van der Waals surface area contributed by atoms with Gasteiger partial charge in [-0.15, -0.1) is 0 Å². The molecule has 6 heteroatoms. The van der Waals surface area contributed by atoms with E-state index < -0.39 is 6.10 Å². The molecule has 0 saturated carbocycles. The van der Waals surface area contributed by atoms with Gasteiger partial charge in [0.2, 0.25) is 0 Å². The number of allylic oxidation sites excluding steroid dienone is 16. The zero-order chi connectivity index (χ0) is 48.6. The van der Waals surface area contributed by atoms with Crippen molar-refractivity contribution < 1.29 is 28.6 Å². The summed E-state index contributed by atoms with van der Waals surface area (Å²) < 4.78 is 16.8. The number of hydrogen-bond acceptors (Lipinski definition) is 6. The van der Waals surface area contributed by atoms with Gasteiger partial charge in [0, 0.05) is 19.3 Å². The summed E-state index contributed by atoms with van der Waals surface area (Å²) >= 11 is 0.